The highest BCUT2D eigenvalue weighted by Crippen LogP contribution is 2.32. The van der Waals surface area contributed by atoms with Crippen molar-refractivity contribution >= 4 is 11.6 Å². The molecule has 3 nitrogen and oxygen atoms in total. The Hall–Kier alpha value is -0.770. The van der Waals surface area contributed by atoms with Gasteiger partial charge in [0.15, 0.2) is 0 Å². The van der Waals surface area contributed by atoms with Crippen LogP contribution in [0.15, 0.2) is 18.2 Å². The van der Waals surface area contributed by atoms with Crippen LogP contribution in [-0.4, -0.2) is 17.8 Å². The lowest BCUT2D eigenvalue weighted by Gasteiger charge is -2.28. The molecule has 1 aromatic carbocycles. The number of hydrogen-bond acceptors (Lipinski definition) is 3. The normalized spacial score (nSPS) is 17.9. The van der Waals surface area contributed by atoms with Crippen molar-refractivity contribution in [1.82, 2.24) is 0 Å². The van der Waals surface area contributed by atoms with Crippen LogP contribution in [0.2, 0.25) is 5.02 Å². The number of rotatable bonds is 4. The van der Waals surface area contributed by atoms with Crippen molar-refractivity contribution in [1.29, 1.82) is 0 Å². The highest BCUT2D eigenvalue weighted by Gasteiger charge is 2.21. The van der Waals surface area contributed by atoms with E-state index in [-0.39, 0.29) is 12.6 Å². The van der Waals surface area contributed by atoms with E-state index in [9.17, 15) is 5.11 Å². The molecule has 0 heterocycles. The molecule has 1 aromatic rings. The maximum Gasteiger partial charge on any atom is 0.125 e. The van der Waals surface area contributed by atoms with E-state index in [1.165, 1.54) is 6.42 Å². The summed E-state index contributed by atoms with van der Waals surface area (Å²) in [5, 5.41) is 10.4. The molecule has 1 fully saturated rings. The molecule has 0 aliphatic heterocycles. The summed E-state index contributed by atoms with van der Waals surface area (Å²) < 4.78 is 5.79. The smallest absolute Gasteiger partial charge is 0.125 e. The van der Waals surface area contributed by atoms with E-state index in [2.05, 4.69) is 0 Å². The molecule has 3 N–H and O–H groups in total. The molecule has 1 aliphatic carbocycles. The average molecular weight is 242 g/mol. The van der Waals surface area contributed by atoms with Crippen molar-refractivity contribution in [3.8, 4) is 5.75 Å². The van der Waals surface area contributed by atoms with Gasteiger partial charge < -0.3 is 15.6 Å². The third kappa shape index (κ3) is 2.48. The zero-order valence-electron chi connectivity index (χ0n) is 9.03. The second-order valence-electron chi connectivity index (χ2n) is 4.10. The second-order valence-corrected chi connectivity index (χ2v) is 4.54. The number of halogens is 1. The molecule has 1 aliphatic rings. The van der Waals surface area contributed by atoms with Gasteiger partial charge >= 0.3 is 0 Å². The minimum absolute atomic E-state index is 0.168. The van der Waals surface area contributed by atoms with Gasteiger partial charge in [-0.2, -0.15) is 0 Å². The monoisotopic (exact) mass is 241 g/mol. The summed E-state index contributed by atoms with van der Waals surface area (Å²) in [7, 11) is 0. The lowest BCUT2D eigenvalue weighted by Crippen LogP contribution is -2.25. The molecule has 0 amide bonds. The van der Waals surface area contributed by atoms with E-state index < -0.39 is 6.10 Å². The van der Waals surface area contributed by atoms with Gasteiger partial charge in [-0.25, -0.2) is 0 Å². The van der Waals surface area contributed by atoms with Gasteiger partial charge in [-0.3, -0.25) is 0 Å². The summed E-state index contributed by atoms with van der Waals surface area (Å²) in [5.74, 6) is 0.701. The second kappa shape index (κ2) is 5.04. The lowest BCUT2D eigenvalue weighted by atomic mass is 9.96. The van der Waals surface area contributed by atoms with E-state index in [0.29, 0.717) is 16.3 Å². The van der Waals surface area contributed by atoms with E-state index in [4.69, 9.17) is 22.1 Å². The Kier molecular flexibility index (Phi) is 3.69. The van der Waals surface area contributed by atoms with Gasteiger partial charge in [-0.15, -0.1) is 0 Å². The minimum Gasteiger partial charge on any atom is -0.490 e. The van der Waals surface area contributed by atoms with Gasteiger partial charge in [-0.1, -0.05) is 11.6 Å². The van der Waals surface area contributed by atoms with Crippen LogP contribution < -0.4 is 10.5 Å². The quantitative estimate of drug-likeness (QED) is 0.850. The first kappa shape index (κ1) is 11.7. The maximum atomic E-state index is 9.77. The summed E-state index contributed by atoms with van der Waals surface area (Å²) in [4.78, 5) is 0. The molecule has 0 aromatic heterocycles. The van der Waals surface area contributed by atoms with Gasteiger partial charge in [0.2, 0.25) is 0 Å². The Morgan fingerprint density at radius 1 is 1.50 bits per heavy atom. The van der Waals surface area contributed by atoms with Crippen LogP contribution >= 0.6 is 11.6 Å². The first-order chi connectivity index (χ1) is 7.70. The minimum atomic E-state index is -0.714. The van der Waals surface area contributed by atoms with Crippen molar-refractivity contribution in [3.63, 3.8) is 0 Å². The van der Waals surface area contributed by atoms with E-state index in [0.717, 1.165) is 12.8 Å². The highest BCUT2D eigenvalue weighted by atomic mass is 35.5. The Morgan fingerprint density at radius 2 is 2.25 bits per heavy atom. The van der Waals surface area contributed by atoms with E-state index >= 15 is 0 Å². The summed E-state index contributed by atoms with van der Waals surface area (Å²) in [5.41, 5.74) is 6.13. The molecule has 88 valence electrons. The Labute approximate surface area is 100 Å². The van der Waals surface area contributed by atoms with Crippen LogP contribution in [0, 0.1) is 0 Å². The van der Waals surface area contributed by atoms with Gasteiger partial charge in [0.25, 0.3) is 0 Å². The molecule has 0 spiro atoms. The van der Waals surface area contributed by atoms with Gasteiger partial charge in [0.05, 0.1) is 12.2 Å². The van der Waals surface area contributed by atoms with Gasteiger partial charge in [-0.05, 0) is 37.5 Å². The van der Waals surface area contributed by atoms with Gasteiger partial charge in [0.1, 0.15) is 5.75 Å². The first-order valence-corrected chi connectivity index (χ1v) is 5.92. The molecule has 2 rings (SSSR count). The molecule has 0 bridgehead atoms. The van der Waals surface area contributed by atoms with E-state index in [1.807, 2.05) is 0 Å². The maximum absolute atomic E-state index is 9.77. The summed E-state index contributed by atoms with van der Waals surface area (Å²) >= 11 is 5.89. The number of hydrogen-bond donors (Lipinski definition) is 2. The van der Waals surface area contributed by atoms with E-state index in [1.54, 1.807) is 18.2 Å². The lowest BCUT2D eigenvalue weighted by molar-refractivity contribution is 0.111. The molecule has 4 heteroatoms. The Morgan fingerprint density at radius 3 is 2.81 bits per heavy atom. The topological polar surface area (TPSA) is 55.5 Å². The molecule has 1 saturated carbocycles. The summed E-state index contributed by atoms with van der Waals surface area (Å²) in [6.07, 6.45) is 2.95. The zero-order valence-corrected chi connectivity index (χ0v) is 9.78. The molecule has 0 saturated heterocycles. The van der Waals surface area contributed by atoms with Crippen LogP contribution in [0.3, 0.4) is 0 Å². The predicted octanol–water partition coefficient (Wildman–Crippen LogP) is 2.26. The Balaban J connectivity index is 2.20. The highest BCUT2D eigenvalue weighted by molar-refractivity contribution is 6.30. The fourth-order valence-electron chi connectivity index (χ4n) is 1.68. The van der Waals surface area contributed by atoms with Crippen LogP contribution in [0.25, 0.3) is 0 Å². The third-order valence-corrected chi connectivity index (χ3v) is 3.14. The van der Waals surface area contributed by atoms with Crippen molar-refractivity contribution in [2.45, 2.75) is 31.5 Å². The molecule has 16 heavy (non-hydrogen) atoms. The summed E-state index contributed by atoms with van der Waals surface area (Å²) in [6, 6.07) is 5.28. The fraction of sp³-hybridized carbons (Fsp3) is 0.500. The average Bonchev–Trinajstić information content (AvgIpc) is 2.23. The van der Waals surface area contributed by atoms with Crippen LogP contribution in [0.1, 0.15) is 30.9 Å². The number of aliphatic hydroxyl groups is 1. The number of nitrogens with two attached hydrogens (primary N) is 1. The number of aliphatic hydroxyl groups excluding tert-OH is 1. The molecular formula is C12H16ClNO2. The van der Waals surface area contributed by atoms with Crippen molar-refractivity contribution in [2.75, 3.05) is 6.54 Å². The van der Waals surface area contributed by atoms with Crippen molar-refractivity contribution in [2.24, 2.45) is 5.73 Å². The van der Waals surface area contributed by atoms with Gasteiger partial charge in [0, 0.05) is 17.1 Å². The molecule has 1 atom stereocenters. The SMILES string of the molecule is NCC(O)c1cc(Cl)ccc1OC1CCC1. The van der Waals surface area contributed by atoms with Crippen molar-refractivity contribution in [3.05, 3.63) is 28.8 Å². The van der Waals surface area contributed by atoms with Crippen LogP contribution in [-0.2, 0) is 0 Å². The standard InChI is InChI=1S/C12H16ClNO2/c13-8-4-5-12(16-9-2-1-3-9)10(6-8)11(15)7-14/h4-6,9,11,15H,1-3,7,14H2. The van der Waals surface area contributed by atoms with Crippen LogP contribution in [0.5, 0.6) is 5.75 Å². The fourth-order valence-corrected chi connectivity index (χ4v) is 1.86. The first-order valence-electron chi connectivity index (χ1n) is 5.55. The largest absolute Gasteiger partial charge is 0.490 e. The molecule has 1 unspecified atom stereocenters. The van der Waals surface area contributed by atoms with Crippen LogP contribution in [0.4, 0.5) is 0 Å². The molecule has 0 radical (unpaired) electrons. The third-order valence-electron chi connectivity index (χ3n) is 2.90. The molecular weight excluding hydrogens is 226 g/mol. The van der Waals surface area contributed by atoms with Crippen molar-refractivity contribution < 1.29 is 9.84 Å². The number of ether oxygens (including phenoxy) is 1. The number of benzene rings is 1. The Bertz CT molecular complexity index is 366. The summed E-state index contributed by atoms with van der Waals surface area (Å²) in [6.45, 7) is 0.168. The zero-order chi connectivity index (χ0) is 11.5. The predicted molar refractivity (Wildman–Crippen MR) is 63.7 cm³/mol.